The summed E-state index contributed by atoms with van der Waals surface area (Å²) in [6.45, 7) is 4.19. The molecule has 0 heterocycles. The number of rotatable bonds is 5. The number of methoxy groups -OCH3 is 2. The lowest BCUT2D eigenvalue weighted by molar-refractivity contribution is 0.0977. The maximum atomic E-state index is 12.4. The molecule has 0 bridgehead atoms. The monoisotopic (exact) mass is 436 g/mol. The summed E-state index contributed by atoms with van der Waals surface area (Å²) < 4.78 is 11.4. The second-order valence-electron chi connectivity index (χ2n) is 5.86. The predicted octanol–water partition coefficient (Wildman–Crippen LogP) is 4.72. The third kappa shape index (κ3) is 4.95. The lowest BCUT2D eigenvalue weighted by atomic mass is 10.0. The summed E-state index contributed by atoms with van der Waals surface area (Å²) >= 11 is 8.76. The van der Waals surface area contributed by atoms with Gasteiger partial charge in [-0.25, -0.2) is 0 Å². The molecule has 2 N–H and O–H groups in total. The largest absolute Gasteiger partial charge is 0.493 e. The molecule has 2 aromatic carbocycles. The van der Waals surface area contributed by atoms with Gasteiger partial charge < -0.3 is 14.8 Å². The summed E-state index contributed by atoms with van der Waals surface area (Å²) in [5.74, 6) is 1.02. The van der Waals surface area contributed by atoms with E-state index in [2.05, 4.69) is 40.4 Å². The first kappa shape index (κ1) is 20.2. The average molecular weight is 437 g/mol. The highest BCUT2D eigenvalue weighted by Gasteiger charge is 2.14. The number of carbonyl (C=O) groups excluding carboxylic acids is 1. The first-order valence-electron chi connectivity index (χ1n) is 7.99. The molecule has 2 rings (SSSR count). The summed E-state index contributed by atoms with van der Waals surface area (Å²) in [6, 6.07) is 10.8. The Labute approximate surface area is 167 Å². The zero-order chi connectivity index (χ0) is 19.3. The van der Waals surface area contributed by atoms with Crippen molar-refractivity contribution < 1.29 is 14.3 Å². The van der Waals surface area contributed by atoms with E-state index >= 15 is 0 Å². The van der Waals surface area contributed by atoms with Crippen molar-refractivity contribution in [2.75, 3.05) is 19.5 Å². The maximum absolute atomic E-state index is 12.4. The van der Waals surface area contributed by atoms with E-state index in [9.17, 15) is 4.79 Å². The van der Waals surface area contributed by atoms with Gasteiger partial charge in [-0.3, -0.25) is 10.1 Å². The SMILES string of the molecule is COc1ccc(C(=O)NC(=S)Nc2ccc(Br)cc2C(C)C)cc1OC. The Morgan fingerprint density at radius 3 is 2.38 bits per heavy atom. The Morgan fingerprint density at radius 2 is 1.77 bits per heavy atom. The smallest absolute Gasteiger partial charge is 0.257 e. The molecular weight excluding hydrogens is 416 g/mol. The quantitative estimate of drug-likeness (QED) is 0.664. The van der Waals surface area contributed by atoms with Crippen molar-refractivity contribution in [1.82, 2.24) is 5.32 Å². The number of amides is 1. The third-order valence-corrected chi connectivity index (χ3v) is 4.45. The molecule has 26 heavy (non-hydrogen) atoms. The Kier molecular flexibility index (Phi) is 6.99. The highest BCUT2D eigenvalue weighted by Crippen LogP contribution is 2.28. The van der Waals surface area contributed by atoms with E-state index in [0.29, 0.717) is 23.0 Å². The lowest BCUT2D eigenvalue weighted by Gasteiger charge is -2.16. The Morgan fingerprint density at radius 1 is 1.08 bits per heavy atom. The average Bonchev–Trinajstić information content (AvgIpc) is 2.62. The molecule has 0 unspecified atom stereocenters. The van der Waals surface area contributed by atoms with Crippen LogP contribution < -0.4 is 20.1 Å². The summed E-state index contributed by atoms with van der Waals surface area (Å²) in [5.41, 5.74) is 2.38. The standard InChI is InChI=1S/C19H21BrN2O3S/c1-11(2)14-10-13(20)6-7-15(14)21-19(26)22-18(23)12-5-8-16(24-3)17(9-12)25-4/h5-11H,1-4H3,(H2,21,22,23,26). The van der Waals surface area contributed by atoms with E-state index in [1.807, 2.05) is 18.2 Å². The summed E-state index contributed by atoms with van der Waals surface area (Å²) in [6.07, 6.45) is 0. The van der Waals surface area contributed by atoms with Gasteiger partial charge in [-0.2, -0.15) is 0 Å². The molecule has 0 aromatic heterocycles. The van der Waals surface area contributed by atoms with Crippen LogP contribution >= 0.6 is 28.1 Å². The number of nitrogens with one attached hydrogen (secondary N) is 2. The molecule has 0 fully saturated rings. The number of benzene rings is 2. The molecule has 0 aliphatic carbocycles. The molecule has 0 radical (unpaired) electrons. The van der Waals surface area contributed by atoms with Gasteiger partial charge in [0.1, 0.15) is 0 Å². The molecule has 5 nitrogen and oxygen atoms in total. The van der Waals surface area contributed by atoms with Crippen LogP contribution in [0.4, 0.5) is 5.69 Å². The second-order valence-corrected chi connectivity index (χ2v) is 7.19. The van der Waals surface area contributed by atoms with Gasteiger partial charge in [-0.15, -0.1) is 0 Å². The van der Waals surface area contributed by atoms with Crippen LogP contribution in [0.3, 0.4) is 0 Å². The third-order valence-electron chi connectivity index (χ3n) is 3.76. The van der Waals surface area contributed by atoms with Gasteiger partial charge in [-0.1, -0.05) is 29.8 Å². The molecule has 0 saturated carbocycles. The van der Waals surface area contributed by atoms with Crippen molar-refractivity contribution in [3.05, 3.63) is 52.0 Å². The number of carbonyl (C=O) groups is 1. The normalized spacial score (nSPS) is 10.4. The fraction of sp³-hybridized carbons (Fsp3) is 0.263. The molecule has 2 aromatic rings. The minimum absolute atomic E-state index is 0.231. The first-order valence-corrected chi connectivity index (χ1v) is 9.19. The number of thiocarbonyl (C=S) groups is 1. The second kappa shape index (κ2) is 9.00. The lowest BCUT2D eigenvalue weighted by Crippen LogP contribution is -2.34. The maximum Gasteiger partial charge on any atom is 0.257 e. The van der Waals surface area contributed by atoms with E-state index in [1.165, 1.54) is 7.11 Å². The van der Waals surface area contributed by atoms with Crippen LogP contribution in [0.15, 0.2) is 40.9 Å². The van der Waals surface area contributed by atoms with Crippen molar-refractivity contribution in [3.63, 3.8) is 0 Å². The minimum atomic E-state index is -0.327. The van der Waals surface area contributed by atoms with Gasteiger partial charge in [-0.05, 0) is 60.1 Å². The highest BCUT2D eigenvalue weighted by atomic mass is 79.9. The molecule has 0 aliphatic heterocycles. The highest BCUT2D eigenvalue weighted by molar-refractivity contribution is 9.10. The summed E-state index contributed by atoms with van der Waals surface area (Å²) in [5, 5.41) is 6.01. The Bertz CT molecular complexity index is 824. The molecular formula is C19H21BrN2O3S. The van der Waals surface area contributed by atoms with Crippen LogP contribution in [0, 0.1) is 0 Å². The predicted molar refractivity (Wildman–Crippen MR) is 111 cm³/mol. The molecule has 0 atom stereocenters. The Balaban J connectivity index is 2.12. The van der Waals surface area contributed by atoms with Crippen LogP contribution in [-0.4, -0.2) is 25.2 Å². The van der Waals surface area contributed by atoms with Crippen LogP contribution in [0.5, 0.6) is 11.5 Å². The van der Waals surface area contributed by atoms with Crippen molar-refractivity contribution >= 4 is 44.9 Å². The van der Waals surface area contributed by atoms with Gasteiger partial charge >= 0.3 is 0 Å². The van der Waals surface area contributed by atoms with E-state index in [4.69, 9.17) is 21.7 Å². The summed E-state index contributed by atoms with van der Waals surface area (Å²) in [7, 11) is 3.06. The van der Waals surface area contributed by atoms with Crippen LogP contribution in [-0.2, 0) is 0 Å². The zero-order valence-corrected chi connectivity index (χ0v) is 17.5. The fourth-order valence-electron chi connectivity index (χ4n) is 2.43. The van der Waals surface area contributed by atoms with Crippen LogP contribution in [0.25, 0.3) is 0 Å². The molecule has 7 heteroatoms. The number of ether oxygens (including phenoxy) is 2. The molecule has 0 aliphatic rings. The summed E-state index contributed by atoms with van der Waals surface area (Å²) in [4.78, 5) is 12.4. The Hall–Kier alpha value is -2.12. The zero-order valence-electron chi connectivity index (χ0n) is 15.1. The fourth-order valence-corrected chi connectivity index (χ4v) is 3.01. The topological polar surface area (TPSA) is 59.6 Å². The number of hydrogen-bond donors (Lipinski definition) is 2. The van der Waals surface area contributed by atoms with Crippen LogP contribution in [0.2, 0.25) is 0 Å². The van der Waals surface area contributed by atoms with Gasteiger partial charge in [0.05, 0.1) is 14.2 Å². The van der Waals surface area contributed by atoms with Gasteiger partial charge in [0.2, 0.25) is 0 Å². The number of anilines is 1. The molecule has 138 valence electrons. The van der Waals surface area contributed by atoms with E-state index in [-0.39, 0.29) is 11.0 Å². The van der Waals surface area contributed by atoms with Gasteiger partial charge in [0.25, 0.3) is 5.91 Å². The number of hydrogen-bond acceptors (Lipinski definition) is 4. The van der Waals surface area contributed by atoms with Crippen molar-refractivity contribution in [2.24, 2.45) is 0 Å². The first-order chi connectivity index (χ1) is 12.3. The van der Waals surface area contributed by atoms with Crippen molar-refractivity contribution in [2.45, 2.75) is 19.8 Å². The van der Waals surface area contributed by atoms with E-state index in [1.54, 1.807) is 25.3 Å². The van der Waals surface area contributed by atoms with Crippen molar-refractivity contribution in [1.29, 1.82) is 0 Å². The van der Waals surface area contributed by atoms with E-state index < -0.39 is 0 Å². The minimum Gasteiger partial charge on any atom is -0.493 e. The van der Waals surface area contributed by atoms with Crippen LogP contribution in [0.1, 0.15) is 35.7 Å². The van der Waals surface area contributed by atoms with Gasteiger partial charge in [0.15, 0.2) is 16.6 Å². The molecule has 0 saturated heterocycles. The van der Waals surface area contributed by atoms with Crippen molar-refractivity contribution in [3.8, 4) is 11.5 Å². The van der Waals surface area contributed by atoms with Gasteiger partial charge in [0, 0.05) is 15.7 Å². The number of halogens is 1. The molecule has 1 amide bonds. The molecule has 0 spiro atoms. The van der Waals surface area contributed by atoms with E-state index in [0.717, 1.165) is 15.7 Å².